The molecule has 3 aliphatic rings. The number of H-pyrrole nitrogens is 1. The Kier molecular flexibility index (Phi) is 3.77. The van der Waals surface area contributed by atoms with Crippen molar-refractivity contribution < 1.29 is 9.53 Å². The van der Waals surface area contributed by atoms with E-state index in [-0.39, 0.29) is 5.56 Å². The number of pyridine rings is 1. The smallest absolute Gasteiger partial charge is 0.341 e. The van der Waals surface area contributed by atoms with Gasteiger partial charge in [-0.2, -0.15) is 5.10 Å². The molecule has 0 aromatic rings. The van der Waals surface area contributed by atoms with Crippen LogP contribution < -0.4 is 5.56 Å². The monoisotopic (exact) mass is 289 g/mol. The molecule has 6 heteroatoms. The summed E-state index contributed by atoms with van der Waals surface area (Å²) < 4.78 is 6.81. The molecule has 0 aromatic heterocycles. The number of nitrogens with one attached hydrogen (secondary N) is 1. The number of ether oxygens (including phenoxy) is 1. The SMILES string of the molecule is COC(=O)c1cn(C2CCCCCC2)cc2c(=O)[nH]nc1-2. The van der Waals surface area contributed by atoms with Crippen molar-refractivity contribution in [1.82, 2.24) is 14.8 Å². The summed E-state index contributed by atoms with van der Waals surface area (Å²) in [5.41, 5.74) is 0.912. The molecule has 0 aromatic carbocycles. The van der Waals surface area contributed by atoms with Gasteiger partial charge in [0.25, 0.3) is 5.56 Å². The van der Waals surface area contributed by atoms with E-state index in [1.54, 1.807) is 6.20 Å². The van der Waals surface area contributed by atoms with Gasteiger partial charge in [0.2, 0.25) is 0 Å². The van der Waals surface area contributed by atoms with Crippen molar-refractivity contribution in [3.63, 3.8) is 0 Å². The quantitative estimate of drug-likeness (QED) is 0.680. The fourth-order valence-electron chi connectivity index (χ4n) is 3.08. The molecule has 1 fully saturated rings. The second kappa shape index (κ2) is 5.71. The van der Waals surface area contributed by atoms with Crippen LogP contribution in [0.5, 0.6) is 0 Å². The molecular formula is C15H19N3O3. The number of aromatic nitrogens is 3. The Bertz CT molecular complexity index is 665. The van der Waals surface area contributed by atoms with Crippen molar-refractivity contribution >= 4 is 5.97 Å². The van der Waals surface area contributed by atoms with Gasteiger partial charge < -0.3 is 9.30 Å². The van der Waals surface area contributed by atoms with E-state index in [9.17, 15) is 9.59 Å². The minimum absolute atomic E-state index is 0.266. The largest absolute Gasteiger partial charge is 0.465 e. The summed E-state index contributed by atoms with van der Waals surface area (Å²) in [4.78, 5) is 23.8. The van der Waals surface area contributed by atoms with E-state index < -0.39 is 5.97 Å². The number of hydrogen-bond donors (Lipinski definition) is 1. The third kappa shape index (κ3) is 2.57. The van der Waals surface area contributed by atoms with E-state index >= 15 is 0 Å². The second-order valence-electron chi connectivity index (χ2n) is 5.57. The molecule has 1 aliphatic carbocycles. The lowest BCUT2D eigenvalue weighted by atomic mass is 10.1. The lowest BCUT2D eigenvalue weighted by Gasteiger charge is -2.20. The maximum atomic E-state index is 11.9. The van der Waals surface area contributed by atoms with Gasteiger partial charge >= 0.3 is 5.97 Å². The van der Waals surface area contributed by atoms with Gasteiger partial charge in [-0.05, 0) is 12.8 Å². The summed E-state index contributed by atoms with van der Waals surface area (Å²) in [5, 5.41) is 6.35. The van der Waals surface area contributed by atoms with Crippen LogP contribution in [0.2, 0.25) is 0 Å². The van der Waals surface area contributed by atoms with Crippen LogP contribution in [0.3, 0.4) is 0 Å². The highest BCUT2D eigenvalue weighted by Crippen LogP contribution is 2.30. The molecule has 0 unspecified atom stereocenters. The number of rotatable bonds is 2. The van der Waals surface area contributed by atoms with Gasteiger partial charge in [0.05, 0.1) is 12.7 Å². The van der Waals surface area contributed by atoms with Gasteiger partial charge in [-0.1, -0.05) is 25.7 Å². The molecule has 21 heavy (non-hydrogen) atoms. The topological polar surface area (TPSA) is 77.0 Å². The normalized spacial score (nSPS) is 16.8. The number of aromatic amines is 1. The average molecular weight is 289 g/mol. The first-order valence-corrected chi connectivity index (χ1v) is 7.39. The predicted molar refractivity (Wildman–Crippen MR) is 77.5 cm³/mol. The summed E-state index contributed by atoms with van der Waals surface area (Å²) in [6.07, 6.45) is 10.6. The highest BCUT2D eigenvalue weighted by molar-refractivity contribution is 5.95. The van der Waals surface area contributed by atoms with E-state index in [0.717, 1.165) is 12.8 Å². The van der Waals surface area contributed by atoms with Crippen LogP contribution in [0.15, 0.2) is 17.2 Å². The Morgan fingerprint density at radius 1 is 1.29 bits per heavy atom. The number of carbonyl (C=O) groups excluding carboxylic acids is 1. The molecule has 2 aliphatic heterocycles. The van der Waals surface area contributed by atoms with E-state index in [1.165, 1.54) is 32.8 Å². The van der Waals surface area contributed by atoms with E-state index in [2.05, 4.69) is 10.2 Å². The fourth-order valence-corrected chi connectivity index (χ4v) is 3.08. The zero-order valence-corrected chi connectivity index (χ0v) is 12.1. The summed E-state index contributed by atoms with van der Waals surface area (Å²) in [6, 6.07) is 0.328. The molecule has 0 spiro atoms. The fraction of sp³-hybridized carbons (Fsp3) is 0.533. The van der Waals surface area contributed by atoms with Gasteiger partial charge in [-0.25, -0.2) is 9.89 Å². The molecule has 1 saturated carbocycles. The van der Waals surface area contributed by atoms with Crippen LogP contribution in [0.4, 0.5) is 0 Å². The number of fused-ring (bicyclic) bond motifs is 1. The first kappa shape index (κ1) is 13.9. The zero-order valence-electron chi connectivity index (χ0n) is 12.1. The second-order valence-corrected chi connectivity index (χ2v) is 5.57. The minimum atomic E-state index is -0.463. The van der Waals surface area contributed by atoms with E-state index in [4.69, 9.17) is 4.74 Å². The molecule has 0 bridgehead atoms. The van der Waals surface area contributed by atoms with Crippen LogP contribution in [0.1, 0.15) is 54.9 Å². The maximum absolute atomic E-state index is 11.9. The Hall–Kier alpha value is -2.11. The third-order valence-electron chi connectivity index (χ3n) is 4.23. The standard InChI is InChI=1S/C15H19N3O3/c1-21-15(20)12-9-18(10-6-4-2-3-5-7-10)8-11-13(12)16-17-14(11)19/h8-10H,2-7H2,1H3,(H,17,19). The summed E-state index contributed by atoms with van der Waals surface area (Å²) in [6.45, 7) is 0. The summed E-state index contributed by atoms with van der Waals surface area (Å²) in [5.74, 6) is -0.463. The Balaban J connectivity index is 2.09. The van der Waals surface area contributed by atoms with Crippen LogP contribution in [-0.4, -0.2) is 27.8 Å². The van der Waals surface area contributed by atoms with Crippen LogP contribution in [0, 0.1) is 0 Å². The Morgan fingerprint density at radius 2 is 2.00 bits per heavy atom. The molecule has 112 valence electrons. The van der Waals surface area contributed by atoms with Crippen LogP contribution in [0.25, 0.3) is 11.3 Å². The van der Waals surface area contributed by atoms with Crippen molar-refractivity contribution in [2.45, 2.75) is 44.6 Å². The number of hydrogen-bond acceptors (Lipinski definition) is 4. The van der Waals surface area contributed by atoms with Gasteiger partial charge in [0, 0.05) is 18.4 Å². The van der Waals surface area contributed by atoms with Crippen LogP contribution >= 0.6 is 0 Å². The number of esters is 1. The lowest BCUT2D eigenvalue weighted by Crippen LogP contribution is -2.15. The molecule has 0 radical (unpaired) electrons. The van der Waals surface area contributed by atoms with Crippen molar-refractivity contribution in [1.29, 1.82) is 0 Å². The molecule has 0 amide bonds. The third-order valence-corrected chi connectivity index (χ3v) is 4.23. The lowest BCUT2D eigenvalue weighted by molar-refractivity contribution is 0.0600. The number of nitrogens with zero attached hydrogens (tertiary/aromatic N) is 2. The first-order valence-electron chi connectivity index (χ1n) is 7.39. The van der Waals surface area contributed by atoms with Gasteiger partial charge in [-0.15, -0.1) is 0 Å². The summed E-state index contributed by atoms with van der Waals surface area (Å²) >= 11 is 0. The number of methoxy groups -OCH3 is 1. The molecule has 3 rings (SSSR count). The van der Waals surface area contributed by atoms with Crippen molar-refractivity contribution in [3.8, 4) is 11.3 Å². The highest BCUT2D eigenvalue weighted by Gasteiger charge is 2.24. The molecule has 2 heterocycles. The molecule has 1 N–H and O–H groups in total. The summed E-state index contributed by atoms with van der Waals surface area (Å²) in [7, 11) is 1.34. The Labute approximate surface area is 122 Å². The van der Waals surface area contributed by atoms with E-state index in [0.29, 0.717) is 22.9 Å². The van der Waals surface area contributed by atoms with Crippen molar-refractivity contribution in [2.75, 3.05) is 7.11 Å². The predicted octanol–water partition coefficient (Wildman–Crippen LogP) is 2.36. The first-order chi connectivity index (χ1) is 10.2. The molecule has 0 saturated heterocycles. The Morgan fingerprint density at radius 3 is 2.67 bits per heavy atom. The van der Waals surface area contributed by atoms with Crippen LogP contribution in [-0.2, 0) is 4.74 Å². The van der Waals surface area contributed by atoms with Gasteiger partial charge in [0.1, 0.15) is 11.3 Å². The highest BCUT2D eigenvalue weighted by atomic mass is 16.5. The minimum Gasteiger partial charge on any atom is -0.465 e. The van der Waals surface area contributed by atoms with E-state index in [1.807, 2.05) is 10.8 Å². The van der Waals surface area contributed by atoms with Gasteiger partial charge in [0.15, 0.2) is 0 Å². The van der Waals surface area contributed by atoms with Crippen molar-refractivity contribution in [3.05, 3.63) is 28.3 Å². The molecule has 0 atom stereocenters. The zero-order chi connectivity index (χ0) is 14.8. The number of carbonyl (C=O) groups is 1. The average Bonchev–Trinajstić information content (AvgIpc) is 2.73. The van der Waals surface area contributed by atoms with Crippen molar-refractivity contribution in [2.24, 2.45) is 0 Å². The van der Waals surface area contributed by atoms with Gasteiger partial charge in [-0.3, -0.25) is 4.79 Å². The molecular weight excluding hydrogens is 270 g/mol. The molecule has 6 nitrogen and oxygen atoms in total. The maximum Gasteiger partial charge on any atom is 0.341 e.